The monoisotopic (exact) mass is 586 g/mol. The lowest BCUT2D eigenvalue weighted by atomic mass is 9.77. The molecular formula is C28H31ClN4O4S2. The van der Waals surface area contributed by atoms with Crippen LogP contribution < -0.4 is 15.8 Å². The van der Waals surface area contributed by atoms with Gasteiger partial charge in [-0.15, -0.1) is 11.3 Å². The van der Waals surface area contributed by atoms with E-state index in [-0.39, 0.29) is 15.9 Å². The van der Waals surface area contributed by atoms with Crippen molar-refractivity contribution >= 4 is 49.6 Å². The first-order valence-electron chi connectivity index (χ1n) is 12.8. The number of ether oxygens (including phenoxy) is 1. The molecule has 206 valence electrons. The number of nitrogens with one attached hydrogen (secondary N) is 1. The van der Waals surface area contributed by atoms with Crippen molar-refractivity contribution in [3.05, 3.63) is 75.8 Å². The zero-order valence-corrected chi connectivity index (χ0v) is 24.0. The SMILES string of the molecule is COc1cccc2c1c(CCCS(=O)(=O)c1ccc(Cl)s1)nn2Cc1cccc(CNC(=O)C2(N)CCC2)c1. The number of hydrogen-bond donors (Lipinski definition) is 2. The second-order valence-electron chi connectivity index (χ2n) is 9.95. The Bertz CT molecular complexity index is 1610. The highest BCUT2D eigenvalue weighted by molar-refractivity contribution is 7.93. The number of carbonyl (C=O) groups is 1. The van der Waals surface area contributed by atoms with Gasteiger partial charge in [-0.3, -0.25) is 9.48 Å². The molecular weight excluding hydrogens is 556 g/mol. The predicted molar refractivity (Wildman–Crippen MR) is 154 cm³/mol. The molecule has 0 spiro atoms. The first-order valence-corrected chi connectivity index (χ1v) is 15.7. The van der Waals surface area contributed by atoms with Crippen LogP contribution in [0, 0.1) is 0 Å². The molecule has 0 bridgehead atoms. The number of carbonyl (C=O) groups excluding carboxylic acids is 1. The second-order valence-corrected chi connectivity index (χ2v) is 14.0. The molecule has 3 N–H and O–H groups in total. The summed E-state index contributed by atoms with van der Waals surface area (Å²) in [4.78, 5) is 12.4. The average Bonchev–Trinajstić information content (AvgIpc) is 3.50. The summed E-state index contributed by atoms with van der Waals surface area (Å²) < 4.78 is 33.8. The second kappa shape index (κ2) is 11.3. The van der Waals surface area contributed by atoms with Crippen molar-refractivity contribution in [3.8, 4) is 5.75 Å². The van der Waals surface area contributed by atoms with E-state index < -0.39 is 15.4 Å². The molecule has 2 aromatic carbocycles. The van der Waals surface area contributed by atoms with Crippen molar-refractivity contribution in [1.29, 1.82) is 0 Å². The van der Waals surface area contributed by atoms with Gasteiger partial charge in [-0.1, -0.05) is 41.9 Å². The number of hydrogen-bond acceptors (Lipinski definition) is 7. The molecule has 0 saturated heterocycles. The summed E-state index contributed by atoms with van der Waals surface area (Å²) in [5.41, 5.74) is 9.13. The van der Waals surface area contributed by atoms with Crippen LogP contribution in [-0.2, 0) is 34.1 Å². The van der Waals surface area contributed by atoms with Crippen molar-refractivity contribution in [2.45, 2.75) is 54.9 Å². The Morgan fingerprint density at radius 1 is 1.18 bits per heavy atom. The highest BCUT2D eigenvalue weighted by Gasteiger charge is 2.39. The van der Waals surface area contributed by atoms with Crippen LogP contribution in [0.5, 0.6) is 5.75 Å². The van der Waals surface area contributed by atoms with Crippen molar-refractivity contribution in [3.63, 3.8) is 0 Å². The van der Waals surface area contributed by atoms with E-state index in [0.29, 0.717) is 36.0 Å². The first-order chi connectivity index (χ1) is 18.7. The molecule has 0 aliphatic heterocycles. The Morgan fingerprint density at radius 3 is 2.64 bits per heavy atom. The fourth-order valence-corrected chi connectivity index (χ4v) is 7.83. The van der Waals surface area contributed by atoms with Gasteiger partial charge >= 0.3 is 0 Å². The van der Waals surface area contributed by atoms with E-state index in [1.54, 1.807) is 19.2 Å². The van der Waals surface area contributed by atoms with E-state index in [0.717, 1.165) is 58.3 Å². The lowest BCUT2D eigenvalue weighted by molar-refractivity contribution is -0.129. The third-order valence-corrected chi connectivity index (χ3v) is 10.8. The van der Waals surface area contributed by atoms with Crippen molar-refractivity contribution in [1.82, 2.24) is 15.1 Å². The van der Waals surface area contributed by atoms with Gasteiger partial charge in [-0.25, -0.2) is 8.42 Å². The van der Waals surface area contributed by atoms with E-state index in [1.807, 2.05) is 41.1 Å². The number of nitrogens with two attached hydrogens (primary N) is 1. The number of benzene rings is 2. The lowest BCUT2D eigenvalue weighted by Gasteiger charge is -2.36. The zero-order valence-electron chi connectivity index (χ0n) is 21.7. The van der Waals surface area contributed by atoms with E-state index in [1.165, 1.54) is 0 Å². The summed E-state index contributed by atoms with van der Waals surface area (Å²) in [6, 6.07) is 17.0. The maximum absolute atomic E-state index is 12.7. The summed E-state index contributed by atoms with van der Waals surface area (Å²) in [5.74, 6) is 0.605. The number of fused-ring (bicyclic) bond motifs is 1. The maximum Gasteiger partial charge on any atom is 0.240 e. The number of sulfone groups is 1. The molecule has 11 heteroatoms. The molecule has 1 saturated carbocycles. The van der Waals surface area contributed by atoms with E-state index >= 15 is 0 Å². The molecule has 0 unspecified atom stereocenters. The summed E-state index contributed by atoms with van der Waals surface area (Å²) in [6.07, 6.45) is 3.34. The van der Waals surface area contributed by atoms with Crippen LogP contribution >= 0.6 is 22.9 Å². The summed E-state index contributed by atoms with van der Waals surface area (Å²) in [5, 5.41) is 8.74. The number of halogens is 1. The lowest BCUT2D eigenvalue weighted by Crippen LogP contribution is -2.58. The molecule has 1 aliphatic rings. The van der Waals surface area contributed by atoms with Crippen LogP contribution in [0.2, 0.25) is 4.34 Å². The molecule has 5 rings (SSSR count). The third kappa shape index (κ3) is 5.99. The van der Waals surface area contributed by atoms with Crippen LogP contribution in [0.25, 0.3) is 10.9 Å². The molecule has 1 amide bonds. The highest BCUT2D eigenvalue weighted by atomic mass is 35.5. The van der Waals surface area contributed by atoms with Gasteiger partial charge in [0.2, 0.25) is 5.91 Å². The van der Waals surface area contributed by atoms with Crippen LogP contribution in [-0.4, -0.2) is 42.5 Å². The standard InChI is InChI=1S/C28H31ClN4O4S2/c1-37-23-10-3-9-22-26(23)21(8-4-15-39(35,36)25-12-11-24(29)38-25)32-33(22)18-20-7-2-6-19(16-20)17-31-27(34)28(30)13-5-14-28/h2-3,6-7,9-12,16H,4-5,8,13-15,17-18,30H2,1H3,(H,31,34). The molecule has 8 nitrogen and oxygen atoms in total. The summed E-state index contributed by atoms with van der Waals surface area (Å²) in [6.45, 7) is 0.923. The Morgan fingerprint density at radius 2 is 1.95 bits per heavy atom. The topological polar surface area (TPSA) is 116 Å². The number of aryl methyl sites for hydroxylation is 1. The minimum Gasteiger partial charge on any atom is -0.496 e. The molecule has 1 fully saturated rings. The number of rotatable bonds is 11. The quantitative estimate of drug-likeness (QED) is 0.263. The van der Waals surface area contributed by atoms with E-state index in [9.17, 15) is 13.2 Å². The number of amides is 1. The number of thiophene rings is 1. The van der Waals surface area contributed by atoms with Gasteiger partial charge in [0, 0.05) is 6.54 Å². The fraction of sp³-hybridized carbons (Fsp3) is 0.357. The Kier molecular flexibility index (Phi) is 8.00. The average molecular weight is 587 g/mol. The Balaban J connectivity index is 1.32. The predicted octanol–water partition coefficient (Wildman–Crippen LogP) is 4.71. The van der Waals surface area contributed by atoms with Crippen LogP contribution in [0.15, 0.2) is 58.8 Å². The largest absolute Gasteiger partial charge is 0.496 e. The van der Waals surface area contributed by atoms with Crippen LogP contribution in [0.3, 0.4) is 0 Å². The van der Waals surface area contributed by atoms with Gasteiger partial charge < -0.3 is 15.8 Å². The normalized spacial score (nSPS) is 14.7. The Hall–Kier alpha value is -2.92. The summed E-state index contributed by atoms with van der Waals surface area (Å²) >= 11 is 7.01. The molecule has 2 aromatic heterocycles. The number of aromatic nitrogens is 2. The van der Waals surface area contributed by atoms with Gasteiger partial charge in [0.25, 0.3) is 0 Å². The van der Waals surface area contributed by atoms with Gasteiger partial charge in [0.1, 0.15) is 9.96 Å². The molecule has 0 radical (unpaired) electrons. The van der Waals surface area contributed by atoms with Gasteiger partial charge in [-0.2, -0.15) is 5.10 Å². The van der Waals surface area contributed by atoms with Gasteiger partial charge in [0.05, 0.1) is 45.9 Å². The maximum atomic E-state index is 12.7. The molecule has 4 aromatic rings. The fourth-order valence-electron chi connectivity index (χ4n) is 4.89. The zero-order chi connectivity index (χ0) is 27.6. The highest BCUT2D eigenvalue weighted by Crippen LogP contribution is 2.32. The number of nitrogens with zero attached hydrogens (tertiary/aromatic N) is 2. The minimum atomic E-state index is -3.41. The molecule has 2 heterocycles. The van der Waals surface area contributed by atoms with Gasteiger partial charge in [0.15, 0.2) is 9.84 Å². The van der Waals surface area contributed by atoms with E-state index in [2.05, 4.69) is 11.4 Å². The van der Waals surface area contributed by atoms with Crippen LogP contribution in [0.1, 0.15) is 42.5 Å². The molecule has 39 heavy (non-hydrogen) atoms. The summed E-state index contributed by atoms with van der Waals surface area (Å²) in [7, 11) is -1.79. The van der Waals surface area contributed by atoms with Crippen molar-refractivity contribution in [2.75, 3.05) is 12.9 Å². The minimum absolute atomic E-state index is 0.00515. The van der Waals surface area contributed by atoms with E-state index in [4.69, 9.17) is 27.2 Å². The smallest absolute Gasteiger partial charge is 0.240 e. The van der Waals surface area contributed by atoms with Crippen molar-refractivity contribution < 1.29 is 17.9 Å². The van der Waals surface area contributed by atoms with Gasteiger partial charge in [-0.05, 0) is 67.5 Å². The van der Waals surface area contributed by atoms with Crippen LogP contribution in [0.4, 0.5) is 0 Å². The van der Waals surface area contributed by atoms with Crippen molar-refractivity contribution in [2.24, 2.45) is 5.73 Å². The first kappa shape index (κ1) is 27.6. The molecule has 1 aliphatic carbocycles. The third-order valence-electron chi connectivity index (χ3n) is 7.19. The number of methoxy groups -OCH3 is 1. The Labute approximate surface area is 237 Å². The molecule has 0 atom stereocenters.